The molecule has 0 aliphatic rings. The predicted octanol–water partition coefficient (Wildman–Crippen LogP) is 1.67. The van der Waals surface area contributed by atoms with Crippen molar-refractivity contribution in [3.63, 3.8) is 0 Å². The Labute approximate surface area is 75.7 Å². The lowest BCUT2D eigenvalue weighted by Gasteiger charge is -2.06. The number of hydrogen-bond acceptors (Lipinski definition) is 2. The summed E-state index contributed by atoms with van der Waals surface area (Å²) in [5.41, 5.74) is 6.79. The van der Waals surface area contributed by atoms with Gasteiger partial charge in [-0.25, -0.2) is 4.39 Å². The molecule has 0 unspecified atom stereocenters. The van der Waals surface area contributed by atoms with Gasteiger partial charge in [0.2, 0.25) is 5.91 Å². The second-order valence-corrected chi connectivity index (χ2v) is 2.87. The Bertz CT molecular complexity index is 350. The molecule has 0 heterocycles. The molecule has 3 nitrogen and oxygen atoms in total. The minimum atomic E-state index is -0.470. The first-order valence-corrected chi connectivity index (χ1v) is 3.84. The number of halogens is 1. The molecule has 1 aromatic carbocycles. The van der Waals surface area contributed by atoms with Gasteiger partial charge < -0.3 is 11.1 Å². The summed E-state index contributed by atoms with van der Waals surface area (Å²) >= 11 is 0. The van der Waals surface area contributed by atoms with Crippen molar-refractivity contribution in [3.8, 4) is 0 Å². The van der Waals surface area contributed by atoms with Gasteiger partial charge in [0, 0.05) is 12.6 Å². The molecule has 0 aliphatic heterocycles. The van der Waals surface area contributed by atoms with Gasteiger partial charge in [-0.2, -0.15) is 0 Å². The number of hydrogen-bond donors (Lipinski definition) is 2. The maximum absolute atomic E-state index is 13.1. The second-order valence-electron chi connectivity index (χ2n) is 2.87. The summed E-state index contributed by atoms with van der Waals surface area (Å²) in [6.45, 7) is 3.02. The van der Waals surface area contributed by atoms with Crippen LogP contribution in [0.15, 0.2) is 12.1 Å². The number of aryl methyl sites for hydroxylation is 1. The average molecular weight is 182 g/mol. The van der Waals surface area contributed by atoms with Crippen LogP contribution in [0.5, 0.6) is 0 Å². The Morgan fingerprint density at radius 2 is 2.15 bits per heavy atom. The molecule has 4 heteroatoms. The number of amides is 1. The molecule has 70 valence electrons. The number of benzene rings is 1. The van der Waals surface area contributed by atoms with Gasteiger partial charge in [-0.15, -0.1) is 0 Å². The summed E-state index contributed by atoms with van der Waals surface area (Å²) in [6, 6.07) is 2.70. The maximum Gasteiger partial charge on any atom is 0.221 e. The summed E-state index contributed by atoms with van der Waals surface area (Å²) in [4.78, 5) is 10.6. The van der Waals surface area contributed by atoms with E-state index >= 15 is 0 Å². The Kier molecular flexibility index (Phi) is 2.51. The van der Waals surface area contributed by atoms with Crippen LogP contribution in [0.25, 0.3) is 0 Å². The molecule has 1 amide bonds. The molecule has 1 rings (SSSR count). The van der Waals surface area contributed by atoms with Crippen LogP contribution in [0.1, 0.15) is 12.5 Å². The molecular formula is C9H11FN2O. The zero-order chi connectivity index (χ0) is 10.0. The third kappa shape index (κ3) is 2.18. The highest BCUT2D eigenvalue weighted by molar-refractivity contribution is 5.89. The number of carbonyl (C=O) groups excluding carboxylic acids is 1. The summed E-state index contributed by atoms with van der Waals surface area (Å²) in [7, 11) is 0. The molecule has 13 heavy (non-hydrogen) atoms. The lowest BCUT2D eigenvalue weighted by molar-refractivity contribution is -0.114. The number of nitrogens with two attached hydrogens (primary N) is 1. The smallest absolute Gasteiger partial charge is 0.221 e. The highest BCUT2D eigenvalue weighted by Gasteiger charge is 2.05. The lowest BCUT2D eigenvalue weighted by Crippen LogP contribution is -2.08. The lowest BCUT2D eigenvalue weighted by atomic mass is 10.2. The summed E-state index contributed by atoms with van der Waals surface area (Å²) < 4.78 is 13.1. The molecule has 0 spiro atoms. The van der Waals surface area contributed by atoms with Crippen LogP contribution in [-0.2, 0) is 4.79 Å². The first-order chi connectivity index (χ1) is 6.00. The Morgan fingerprint density at radius 1 is 1.54 bits per heavy atom. The van der Waals surface area contributed by atoms with Crippen molar-refractivity contribution in [1.82, 2.24) is 0 Å². The van der Waals surface area contributed by atoms with E-state index in [2.05, 4.69) is 5.32 Å². The quantitative estimate of drug-likeness (QED) is 0.649. The van der Waals surface area contributed by atoms with Crippen molar-refractivity contribution >= 4 is 17.3 Å². The Morgan fingerprint density at radius 3 is 2.69 bits per heavy atom. The van der Waals surface area contributed by atoms with Gasteiger partial charge in [-0.1, -0.05) is 0 Å². The van der Waals surface area contributed by atoms with E-state index in [0.29, 0.717) is 11.3 Å². The highest BCUT2D eigenvalue weighted by atomic mass is 19.1. The van der Waals surface area contributed by atoms with E-state index in [-0.39, 0.29) is 11.6 Å². The molecular weight excluding hydrogens is 171 g/mol. The summed E-state index contributed by atoms with van der Waals surface area (Å²) in [5, 5.41) is 2.35. The van der Waals surface area contributed by atoms with E-state index in [1.165, 1.54) is 19.1 Å². The van der Waals surface area contributed by atoms with Gasteiger partial charge in [0.1, 0.15) is 5.82 Å². The largest absolute Gasteiger partial charge is 0.398 e. The fraction of sp³-hybridized carbons (Fsp3) is 0.222. The topological polar surface area (TPSA) is 55.1 Å². The fourth-order valence-corrected chi connectivity index (χ4v) is 0.975. The SMILES string of the molecule is CC(=O)Nc1cc(N)c(C)cc1F. The van der Waals surface area contributed by atoms with E-state index in [0.717, 1.165) is 0 Å². The third-order valence-electron chi connectivity index (χ3n) is 1.67. The molecule has 0 bridgehead atoms. The molecule has 1 aromatic rings. The maximum atomic E-state index is 13.1. The molecule has 0 atom stereocenters. The van der Waals surface area contributed by atoms with Gasteiger partial charge in [-0.05, 0) is 24.6 Å². The fourth-order valence-electron chi connectivity index (χ4n) is 0.975. The van der Waals surface area contributed by atoms with Crippen molar-refractivity contribution in [2.24, 2.45) is 0 Å². The van der Waals surface area contributed by atoms with Crippen LogP contribution in [0.3, 0.4) is 0 Å². The minimum Gasteiger partial charge on any atom is -0.398 e. The Balaban J connectivity index is 3.08. The first kappa shape index (κ1) is 9.51. The van der Waals surface area contributed by atoms with Crippen LogP contribution in [0.4, 0.5) is 15.8 Å². The van der Waals surface area contributed by atoms with Gasteiger partial charge >= 0.3 is 0 Å². The monoisotopic (exact) mass is 182 g/mol. The van der Waals surface area contributed by atoms with Crippen LogP contribution >= 0.6 is 0 Å². The number of nitrogens with one attached hydrogen (secondary N) is 1. The Hall–Kier alpha value is -1.58. The van der Waals surface area contributed by atoms with E-state index < -0.39 is 5.82 Å². The van der Waals surface area contributed by atoms with Gasteiger partial charge in [0.25, 0.3) is 0 Å². The number of anilines is 2. The zero-order valence-corrected chi connectivity index (χ0v) is 7.52. The van der Waals surface area contributed by atoms with Crippen molar-refractivity contribution in [3.05, 3.63) is 23.5 Å². The van der Waals surface area contributed by atoms with Gasteiger partial charge in [-0.3, -0.25) is 4.79 Å². The zero-order valence-electron chi connectivity index (χ0n) is 7.52. The first-order valence-electron chi connectivity index (χ1n) is 3.84. The van der Waals surface area contributed by atoms with Crippen molar-refractivity contribution in [1.29, 1.82) is 0 Å². The average Bonchev–Trinajstić information content (AvgIpc) is 1.99. The minimum absolute atomic E-state index is 0.121. The van der Waals surface area contributed by atoms with Crippen LogP contribution in [0.2, 0.25) is 0 Å². The molecule has 3 N–H and O–H groups in total. The standard InChI is InChI=1S/C9H11FN2O/c1-5-3-7(10)9(4-8(5)11)12-6(2)13/h3-4H,11H2,1-2H3,(H,12,13). The van der Waals surface area contributed by atoms with Crippen molar-refractivity contribution in [2.75, 3.05) is 11.1 Å². The number of carbonyl (C=O) groups is 1. The molecule has 0 radical (unpaired) electrons. The van der Waals surface area contributed by atoms with Gasteiger partial charge in [0.05, 0.1) is 5.69 Å². The second kappa shape index (κ2) is 3.43. The number of rotatable bonds is 1. The number of nitrogen functional groups attached to an aromatic ring is 1. The molecule has 0 saturated carbocycles. The van der Waals surface area contributed by atoms with E-state index in [1.807, 2.05) is 0 Å². The molecule has 0 aliphatic carbocycles. The van der Waals surface area contributed by atoms with Crippen molar-refractivity contribution in [2.45, 2.75) is 13.8 Å². The summed E-state index contributed by atoms with van der Waals surface area (Å²) in [5.74, 6) is -0.788. The van der Waals surface area contributed by atoms with Crippen LogP contribution < -0.4 is 11.1 Å². The van der Waals surface area contributed by atoms with Crippen molar-refractivity contribution < 1.29 is 9.18 Å². The van der Waals surface area contributed by atoms with E-state index in [1.54, 1.807) is 6.92 Å². The van der Waals surface area contributed by atoms with Gasteiger partial charge in [0.15, 0.2) is 0 Å². The molecule has 0 aromatic heterocycles. The van der Waals surface area contributed by atoms with E-state index in [4.69, 9.17) is 5.73 Å². The normalized spacial score (nSPS) is 9.77. The van der Waals surface area contributed by atoms with E-state index in [9.17, 15) is 9.18 Å². The summed E-state index contributed by atoms with van der Waals surface area (Å²) in [6.07, 6.45) is 0. The van der Waals surface area contributed by atoms with Crippen LogP contribution in [0, 0.1) is 12.7 Å². The molecule has 0 fully saturated rings. The third-order valence-corrected chi connectivity index (χ3v) is 1.67. The highest BCUT2D eigenvalue weighted by Crippen LogP contribution is 2.21. The predicted molar refractivity (Wildman–Crippen MR) is 49.9 cm³/mol. The van der Waals surface area contributed by atoms with Crippen LogP contribution in [-0.4, -0.2) is 5.91 Å². The molecule has 0 saturated heterocycles.